The van der Waals surface area contributed by atoms with E-state index in [4.69, 9.17) is 9.47 Å². The molecule has 174 valence electrons. The molecule has 0 fully saturated rings. The molecule has 3 aromatic rings. The van der Waals surface area contributed by atoms with E-state index in [0.29, 0.717) is 22.6 Å². The smallest absolute Gasteiger partial charge is 0.343 e. The van der Waals surface area contributed by atoms with Crippen molar-refractivity contribution in [3.8, 4) is 11.5 Å². The lowest BCUT2D eigenvalue weighted by Crippen LogP contribution is -2.32. The highest BCUT2D eigenvalue weighted by molar-refractivity contribution is 9.10. The molecule has 2 amide bonds. The van der Waals surface area contributed by atoms with Crippen LogP contribution in [0.25, 0.3) is 0 Å². The number of anilines is 1. The van der Waals surface area contributed by atoms with Crippen LogP contribution in [0.2, 0.25) is 0 Å². The van der Waals surface area contributed by atoms with Crippen molar-refractivity contribution in [2.45, 2.75) is 13.8 Å². The molecule has 0 aliphatic heterocycles. The summed E-state index contributed by atoms with van der Waals surface area (Å²) in [7, 11) is 1.44. The van der Waals surface area contributed by atoms with Gasteiger partial charge >= 0.3 is 17.8 Å². The van der Waals surface area contributed by atoms with Gasteiger partial charge in [0.25, 0.3) is 0 Å². The molecule has 0 spiro atoms. The molecule has 2 N–H and O–H groups in total. The third-order valence-corrected chi connectivity index (χ3v) is 5.27. The van der Waals surface area contributed by atoms with E-state index in [2.05, 4.69) is 31.8 Å². The summed E-state index contributed by atoms with van der Waals surface area (Å²) in [5.41, 5.74) is 5.30. The third-order valence-electron chi connectivity index (χ3n) is 4.78. The van der Waals surface area contributed by atoms with Gasteiger partial charge in [-0.25, -0.2) is 10.2 Å². The number of methoxy groups -OCH3 is 1. The number of rotatable bonds is 6. The number of ether oxygens (including phenoxy) is 2. The number of carbonyl (C=O) groups excluding carboxylic acids is 3. The van der Waals surface area contributed by atoms with Gasteiger partial charge in [0, 0.05) is 10.2 Å². The van der Waals surface area contributed by atoms with Crippen molar-refractivity contribution >= 4 is 45.6 Å². The SMILES string of the molecule is COc1cc(/C=N/NC(=O)C(=O)Nc2ccc(Br)cc2C)ccc1OC(=O)c1ccccc1C. The van der Waals surface area contributed by atoms with Gasteiger partial charge in [0.1, 0.15) is 0 Å². The highest BCUT2D eigenvalue weighted by atomic mass is 79.9. The van der Waals surface area contributed by atoms with Crippen LogP contribution in [-0.4, -0.2) is 31.1 Å². The highest BCUT2D eigenvalue weighted by Crippen LogP contribution is 2.28. The van der Waals surface area contributed by atoms with Crippen molar-refractivity contribution in [2.75, 3.05) is 12.4 Å². The van der Waals surface area contributed by atoms with Gasteiger partial charge < -0.3 is 14.8 Å². The number of aryl methyl sites for hydroxylation is 2. The van der Waals surface area contributed by atoms with Crippen molar-refractivity contribution in [3.05, 3.63) is 87.4 Å². The summed E-state index contributed by atoms with van der Waals surface area (Å²) in [6, 6.07) is 17.1. The zero-order valence-corrected chi connectivity index (χ0v) is 20.3. The molecule has 0 radical (unpaired) electrons. The molecule has 9 heteroatoms. The van der Waals surface area contributed by atoms with Gasteiger partial charge in [0.2, 0.25) is 0 Å². The van der Waals surface area contributed by atoms with Crippen LogP contribution in [0.1, 0.15) is 27.0 Å². The van der Waals surface area contributed by atoms with Gasteiger partial charge in [0.05, 0.1) is 18.9 Å². The lowest BCUT2D eigenvalue weighted by atomic mass is 10.1. The van der Waals surface area contributed by atoms with Crippen LogP contribution >= 0.6 is 15.9 Å². The number of hydrogen-bond donors (Lipinski definition) is 2. The molecule has 0 aromatic heterocycles. The Balaban J connectivity index is 1.62. The van der Waals surface area contributed by atoms with E-state index in [-0.39, 0.29) is 5.75 Å². The molecule has 0 heterocycles. The molecule has 0 saturated heterocycles. The number of amides is 2. The Hall–Kier alpha value is -3.98. The van der Waals surface area contributed by atoms with Gasteiger partial charge in [-0.1, -0.05) is 34.1 Å². The van der Waals surface area contributed by atoms with Gasteiger partial charge in [-0.15, -0.1) is 0 Å². The first kappa shape index (κ1) is 24.7. The molecule has 0 saturated carbocycles. The minimum atomic E-state index is -0.922. The predicted molar refractivity (Wildman–Crippen MR) is 132 cm³/mol. The van der Waals surface area contributed by atoms with E-state index < -0.39 is 17.8 Å². The quantitative estimate of drug-likeness (QED) is 0.164. The topological polar surface area (TPSA) is 106 Å². The number of hydrazone groups is 1. The average Bonchev–Trinajstić information content (AvgIpc) is 2.81. The Labute approximate surface area is 205 Å². The number of nitrogens with one attached hydrogen (secondary N) is 2. The Morgan fingerprint density at radius 1 is 0.912 bits per heavy atom. The van der Waals surface area contributed by atoms with Crippen molar-refractivity contribution in [2.24, 2.45) is 5.10 Å². The van der Waals surface area contributed by atoms with E-state index in [9.17, 15) is 14.4 Å². The van der Waals surface area contributed by atoms with Crippen molar-refractivity contribution in [1.29, 1.82) is 0 Å². The maximum Gasteiger partial charge on any atom is 0.343 e. The number of carbonyl (C=O) groups is 3. The molecule has 8 nitrogen and oxygen atoms in total. The fourth-order valence-electron chi connectivity index (χ4n) is 2.97. The lowest BCUT2D eigenvalue weighted by molar-refractivity contribution is -0.136. The predicted octanol–water partition coefficient (Wildman–Crippen LogP) is 4.38. The van der Waals surface area contributed by atoms with E-state index in [1.807, 2.05) is 32.0 Å². The first-order valence-corrected chi connectivity index (χ1v) is 10.9. The molecule has 0 atom stereocenters. The maximum atomic E-state index is 12.5. The van der Waals surface area contributed by atoms with Gasteiger partial charge in [-0.2, -0.15) is 5.10 Å². The minimum absolute atomic E-state index is 0.237. The number of nitrogens with zero attached hydrogens (tertiary/aromatic N) is 1. The summed E-state index contributed by atoms with van der Waals surface area (Å²) in [6.07, 6.45) is 1.34. The van der Waals surface area contributed by atoms with Gasteiger partial charge in [-0.3, -0.25) is 9.59 Å². The van der Waals surface area contributed by atoms with Gasteiger partial charge in [0.15, 0.2) is 11.5 Å². The van der Waals surface area contributed by atoms with Crippen LogP contribution in [0.3, 0.4) is 0 Å². The van der Waals surface area contributed by atoms with Crippen molar-refractivity contribution < 1.29 is 23.9 Å². The summed E-state index contributed by atoms with van der Waals surface area (Å²) in [4.78, 5) is 36.6. The van der Waals surface area contributed by atoms with Crippen LogP contribution in [0.15, 0.2) is 70.2 Å². The molecule has 0 unspecified atom stereocenters. The zero-order valence-electron chi connectivity index (χ0n) is 18.7. The Morgan fingerprint density at radius 2 is 1.68 bits per heavy atom. The Kier molecular flexibility index (Phi) is 8.15. The van der Waals surface area contributed by atoms with Crippen molar-refractivity contribution in [3.63, 3.8) is 0 Å². The minimum Gasteiger partial charge on any atom is -0.493 e. The summed E-state index contributed by atoms with van der Waals surface area (Å²) in [5, 5.41) is 6.34. The van der Waals surface area contributed by atoms with Crippen LogP contribution in [0, 0.1) is 13.8 Å². The first-order chi connectivity index (χ1) is 16.3. The number of halogens is 1. The summed E-state index contributed by atoms with van der Waals surface area (Å²) in [5.74, 6) is -1.73. The van der Waals surface area contributed by atoms with Crippen molar-refractivity contribution in [1.82, 2.24) is 5.43 Å². The number of benzene rings is 3. The summed E-state index contributed by atoms with van der Waals surface area (Å²) in [6.45, 7) is 3.63. The second kappa shape index (κ2) is 11.2. The van der Waals surface area contributed by atoms with E-state index in [0.717, 1.165) is 15.6 Å². The molecule has 0 aliphatic carbocycles. The monoisotopic (exact) mass is 523 g/mol. The summed E-state index contributed by atoms with van der Waals surface area (Å²) < 4.78 is 11.6. The second-order valence-electron chi connectivity index (χ2n) is 7.23. The molecule has 3 aromatic carbocycles. The summed E-state index contributed by atoms with van der Waals surface area (Å²) >= 11 is 3.34. The fourth-order valence-corrected chi connectivity index (χ4v) is 3.44. The van der Waals surface area contributed by atoms with Crippen LogP contribution in [0.4, 0.5) is 5.69 Å². The average molecular weight is 524 g/mol. The molecule has 0 aliphatic rings. The zero-order chi connectivity index (χ0) is 24.7. The Bertz CT molecular complexity index is 1270. The second-order valence-corrected chi connectivity index (χ2v) is 8.14. The molecule has 0 bridgehead atoms. The normalized spacial score (nSPS) is 10.6. The largest absolute Gasteiger partial charge is 0.493 e. The first-order valence-electron chi connectivity index (χ1n) is 10.1. The molecule has 34 heavy (non-hydrogen) atoms. The fraction of sp³-hybridized carbons (Fsp3) is 0.120. The van der Waals surface area contributed by atoms with Crippen LogP contribution < -0.4 is 20.2 Å². The van der Waals surface area contributed by atoms with E-state index >= 15 is 0 Å². The standard InChI is InChI=1S/C25H22BrN3O5/c1-15-6-4-5-7-19(15)25(32)34-21-11-8-17(13-22(21)33-3)14-27-29-24(31)23(30)28-20-10-9-18(26)12-16(20)2/h4-14H,1-3H3,(H,28,30)(H,29,31)/b27-14+. The van der Waals surface area contributed by atoms with E-state index in [1.54, 1.807) is 42.5 Å². The number of esters is 1. The number of hydrogen-bond acceptors (Lipinski definition) is 6. The highest BCUT2D eigenvalue weighted by Gasteiger charge is 2.15. The molecular formula is C25H22BrN3O5. The third kappa shape index (κ3) is 6.29. The van der Waals surface area contributed by atoms with Gasteiger partial charge in [-0.05, 0) is 73.0 Å². The Morgan fingerprint density at radius 3 is 2.38 bits per heavy atom. The van der Waals surface area contributed by atoms with E-state index in [1.165, 1.54) is 13.3 Å². The lowest BCUT2D eigenvalue weighted by Gasteiger charge is -2.11. The molecular weight excluding hydrogens is 502 g/mol. The van der Waals surface area contributed by atoms with Crippen LogP contribution in [-0.2, 0) is 9.59 Å². The molecule has 3 rings (SSSR count). The maximum absolute atomic E-state index is 12.5. The van der Waals surface area contributed by atoms with Crippen LogP contribution in [0.5, 0.6) is 11.5 Å².